The first-order chi connectivity index (χ1) is 18.2. The van der Waals surface area contributed by atoms with Crippen molar-refractivity contribution < 1.29 is 38.2 Å². The van der Waals surface area contributed by atoms with Gasteiger partial charge in [-0.15, -0.1) is 0 Å². The van der Waals surface area contributed by atoms with E-state index in [1.54, 1.807) is 20.8 Å². The van der Waals surface area contributed by atoms with Crippen molar-refractivity contribution in [3.63, 3.8) is 0 Å². The molecule has 0 aromatic rings. The summed E-state index contributed by atoms with van der Waals surface area (Å²) in [6, 6.07) is -0.423. The van der Waals surface area contributed by atoms with Crippen molar-refractivity contribution in [2.45, 2.75) is 109 Å². The molecule has 40 heavy (non-hydrogen) atoms. The van der Waals surface area contributed by atoms with Crippen molar-refractivity contribution in [2.24, 2.45) is 0 Å². The second kappa shape index (κ2) is 17.7. The molecule has 14 heteroatoms. The van der Waals surface area contributed by atoms with E-state index in [-0.39, 0.29) is 38.2 Å². The van der Waals surface area contributed by atoms with E-state index in [2.05, 4.69) is 67.9 Å². The minimum absolute atomic E-state index is 0.0164. The Balaban J connectivity index is 4.86. The number of esters is 2. The second-order valence-electron chi connectivity index (χ2n) is 13.1. The summed E-state index contributed by atoms with van der Waals surface area (Å²) in [5, 5.41) is 7.67. The molecular weight excluding hydrogens is 571 g/mol. The molecule has 0 unspecified atom stereocenters. The Hall–Kier alpha value is -2.07. The van der Waals surface area contributed by atoms with Crippen molar-refractivity contribution in [3.05, 3.63) is 0 Å². The standard InChI is InChI=1S/C26H51N3O8SSi2/c1-26(2,3)37-25(34)29-19(24(33)36-15-17-40(7,8)9)10-11-21(30)28-20(18-38)23(32)27-13-12-22(31)35-14-16-39(4,5)6/h19-20,38H,10-18H2,1-9H3,(H,27,32)(H,28,30)(H,29,34)/t19-,20+/m1/s1. The van der Waals surface area contributed by atoms with Crippen LogP contribution in [0.1, 0.15) is 40.0 Å². The van der Waals surface area contributed by atoms with E-state index in [9.17, 15) is 24.0 Å². The molecule has 0 aliphatic rings. The van der Waals surface area contributed by atoms with E-state index in [4.69, 9.17) is 14.2 Å². The van der Waals surface area contributed by atoms with E-state index in [1.807, 2.05) is 0 Å². The van der Waals surface area contributed by atoms with Gasteiger partial charge in [-0.05, 0) is 39.3 Å². The third-order valence-electron chi connectivity index (χ3n) is 5.31. The normalized spacial score (nSPS) is 13.4. The lowest BCUT2D eigenvalue weighted by atomic mass is 10.1. The van der Waals surface area contributed by atoms with Crippen LogP contribution in [0.3, 0.4) is 0 Å². The summed E-state index contributed by atoms with van der Waals surface area (Å²) >= 11 is 4.15. The molecule has 0 aromatic heterocycles. The molecule has 0 aliphatic heterocycles. The molecule has 2 atom stereocenters. The first kappa shape index (κ1) is 37.9. The smallest absolute Gasteiger partial charge is 0.408 e. The largest absolute Gasteiger partial charge is 0.466 e. The van der Waals surface area contributed by atoms with Crippen LogP contribution in [0, 0.1) is 0 Å². The van der Waals surface area contributed by atoms with Gasteiger partial charge in [-0.3, -0.25) is 14.4 Å². The molecule has 0 rings (SSSR count). The SMILES string of the molecule is CC(C)(C)OC(=O)N[C@H](CCC(=O)N[C@@H](CS)C(=O)NCCC(=O)OCC[Si](C)(C)C)C(=O)OCC[Si](C)(C)C. The molecule has 0 radical (unpaired) electrons. The molecule has 0 bridgehead atoms. The van der Waals surface area contributed by atoms with Crippen LogP contribution in [0.15, 0.2) is 0 Å². The zero-order chi connectivity index (χ0) is 31.1. The maximum atomic E-state index is 12.7. The second-order valence-corrected chi connectivity index (χ2v) is 24.7. The summed E-state index contributed by atoms with van der Waals surface area (Å²) in [6.45, 7) is 18.8. The third-order valence-corrected chi connectivity index (χ3v) is 9.08. The lowest BCUT2D eigenvalue weighted by Gasteiger charge is -2.23. The Bertz CT molecular complexity index is 854. The summed E-state index contributed by atoms with van der Waals surface area (Å²) in [5.74, 6) is -2.03. The number of carbonyl (C=O) groups excluding carboxylic acids is 5. The predicted molar refractivity (Wildman–Crippen MR) is 164 cm³/mol. The Labute approximate surface area is 247 Å². The van der Waals surface area contributed by atoms with Crippen LogP contribution in [0.25, 0.3) is 0 Å². The molecule has 3 N–H and O–H groups in total. The Morgan fingerprint density at radius 3 is 1.85 bits per heavy atom. The van der Waals surface area contributed by atoms with Gasteiger partial charge < -0.3 is 30.2 Å². The van der Waals surface area contributed by atoms with E-state index in [0.717, 1.165) is 12.1 Å². The summed E-state index contributed by atoms with van der Waals surface area (Å²) in [7, 11) is -2.75. The van der Waals surface area contributed by atoms with E-state index in [1.165, 1.54) is 0 Å². The molecule has 0 saturated carbocycles. The molecule has 11 nitrogen and oxygen atoms in total. The van der Waals surface area contributed by atoms with Gasteiger partial charge in [-0.2, -0.15) is 12.6 Å². The molecule has 0 heterocycles. The number of amides is 3. The van der Waals surface area contributed by atoms with Crippen LogP contribution in [0.5, 0.6) is 0 Å². The zero-order valence-electron chi connectivity index (χ0n) is 25.7. The average Bonchev–Trinajstić information content (AvgIpc) is 2.77. The molecule has 0 aromatic carbocycles. The highest BCUT2D eigenvalue weighted by Gasteiger charge is 2.28. The van der Waals surface area contributed by atoms with Gasteiger partial charge in [-0.1, -0.05) is 39.3 Å². The zero-order valence-corrected chi connectivity index (χ0v) is 28.6. The van der Waals surface area contributed by atoms with Gasteiger partial charge in [0.05, 0.1) is 19.6 Å². The Morgan fingerprint density at radius 1 is 0.800 bits per heavy atom. The van der Waals surface area contributed by atoms with Crippen LogP contribution in [-0.2, 0) is 33.4 Å². The highest BCUT2D eigenvalue weighted by molar-refractivity contribution is 7.80. The Morgan fingerprint density at radius 2 is 1.35 bits per heavy atom. The van der Waals surface area contributed by atoms with Crippen molar-refractivity contribution in [1.29, 1.82) is 0 Å². The Kier molecular flexibility index (Phi) is 16.8. The fourth-order valence-corrected chi connectivity index (χ4v) is 4.63. The van der Waals surface area contributed by atoms with Crippen LogP contribution < -0.4 is 16.0 Å². The summed E-state index contributed by atoms with van der Waals surface area (Å²) in [4.78, 5) is 62.0. The number of alkyl carbamates (subject to hydrolysis) is 1. The average molecular weight is 622 g/mol. The molecule has 0 saturated heterocycles. The predicted octanol–water partition coefficient (Wildman–Crippen LogP) is 3.34. The van der Waals surface area contributed by atoms with Crippen LogP contribution in [-0.4, -0.2) is 89.2 Å². The topological polar surface area (TPSA) is 149 Å². The highest BCUT2D eigenvalue weighted by Crippen LogP contribution is 2.11. The van der Waals surface area contributed by atoms with Gasteiger partial charge in [0, 0.05) is 34.9 Å². The first-order valence-corrected chi connectivity index (χ1v) is 21.8. The van der Waals surface area contributed by atoms with Crippen molar-refractivity contribution in [3.8, 4) is 0 Å². The molecule has 0 fully saturated rings. The molecule has 3 amide bonds. The highest BCUT2D eigenvalue weighted by atomic mass is 32.1. The van der Waals surface area contributed by atoms with Gasteiger partial charge >= 0.3 is 18.0 Å². The molecule has 0 spiro atoms. The van der Waals surface area contributed by atoms with Gasteiger partial charge in [0.2, 0.25) is 11.8 Å². The summed E-state index contributed by atoms with van der Waals surface area (Å²) in [5.41, 5.74) is -0.772. The van der Waals surface area contributed by atoms with E-state index in [0.29, 0.717) is 6.61 Å². The van der Waals surface area contributed by atoms with E-state index >= 15 is 0 Å². The van der Waals surface area contributed by atoms with Gasteiger partial charge in [0.25, 0.3) is 0 Å². The number of thiol groups is 1. The van der Waals surface area contributed by atoms with Gasteiger partial charge in [0.1, 0.15) is 17.7 Å². The van der Waals surface area contributed by atoms with Crippen LogP contribution >= 0.6 is 12.6 Å². The van der Waals surface area contributed by atoms with Crippen LogP contribution in [0.4, 0.5) is 4.79 Å². The quantitative estimate of drug-likeness (QED) is 0.0836. The number of hydrogen-bond donors (Lipinski definition) is 4. The summed E-state index contributed by atoms with van der Waals surface area (Å²) in [6.07, 6.45) is -1.000. The minimum Gasteiger partial charge on any atom is -0.466 e. The van der Waals surface area contributed by atoms with Crippen molar-refractivity contribution in [1.82, 2.24) is 16.0 Å². The fraction of sp³-hybridized carbons (Fsp3) is 0.808. The van der Waals surface area contributed by atoms with Crippen molar-refractivity contribution >= 4 is 58.6 Å². The lowest BCUT2D eigenvalue weighted by molar-refractivity contribution is -0.146. The van der Waals surface area contributed by atoms with Gasteiger partial charge in [-0.25, -0.2) is 9.59 Å². The number of carbonyl (C=O) groups is 5. The minimum atomic E-state index is -1.44. The maximum Gasteiger partial charge on any atom is 0.408 e. The molecule has 232 valence electrons. The number of ether oxygens (including phenoxy) is 3. The lowest BCUT2D eigenvalue weighted by Crippen LogP contribution is -2.49. The van der Waals surface area contributed by atoms with Crippen LogP contribution in [0.2, 0.25) is 51.4 Å². The number of nitrogens with one attached hydrogen (secondary N) is 3. The fourth-order valence-electron chi connectivity index (χ4n) is 2.95. The molecule has 0 aliphatic carbocycles. The molecular formula is C26H51N3O8SSi2. The van der Waals surface area contributed by atoms with Crippen molar-refractivity contribution in [2.75, 3.05) is 25.5 Å². The maximum absolute atomic E-state index is 12.7. The first-order valence-electron chi connectivity index (χ1n) is 13.7. The number of rotatable bonds is 17. The number of hydrogen-bond acceptors (Lipinski definition) is 9. The van der Waals surface area contributed by atoms with E-state index < -0.39 is 63.7 Å². The third kappa shape index (κ3) is 20.8. The van der Waals surface area contributed by atoms with Gasteiger partial charge in [0.15, 0.2) is 0 Å². The monoisotopic (exact) mass is 621 g/mol. The summed E-state index contributed by atoms with van der Waals surface area (Å²) < 4.78 is 15.8.